The number of benzene rings is 2. The van der Waals surface area contributed by atoms with Gasteiger partial charge in [-0.3, -0.25) is 19.3 Å². The normalized spacial score (nSPS) is 17.2. The second-order valence-corrected chi connectivity index (χ2v) is 7.54. The smallest absolute Gasteiger partial charge is 0.262 e. The van der Waals surface area contributed by atoms with Crippen LogP contribution in [0.3, 0.4) is 0 Å². The van der Waals surface area contributed by atoms with E-state index in [4.69, 9.17) is 0 Å². The molecule has 7 nitrogen and oxygen atoms in total. The molecular formula is C22H20N4O3. The van der Waals surface area contributed by atoms with Gasteiger partial charge in [0.2, 0.25) is 5.91 Å². The minimum absolute atomic E-state index is 0.192. The van der Waals surface area contributed by atoms with Crippen LogP contribution in [0, 0.1) is 0 Å². The lowest BCUT2D eigenvalue weighted by Gasteiger charge is -2.32. The van der Waals surface area contributed by atoms with Gasteiger partial charge in [0.05, 0.1) is 22.2 Å². The number of carbonyl (C=O) groups is 3. The predicted molar refractivity (Wildman–Crippen MR) is 106 cm³/mol. The number of amides is 3. The highest BCUT2D eigenvalue weighted by Crippen LogP contribution is 2.28. The number of piperidine rings is 1. The lowest BCUT2D eigenvalue weighted by Crippen LogP contribution is -2.45. The summed E-state index contributed by atoms with van der Waals surface area (Å²) in [6, 6.07) is 14.6. The number of carbonyl (C=O) groups excluding carboxylic acids is 3. The third-order valence-corrected chi connectivity index (χ3v) is 5.81. The van der Waals surface area contributed by atoms with Crippen molar-refractivity contribution in [3.8, 4) is 0 Å². The van der Waals surface area contributed by atoms with Crippen LogP contribution < -0.4 is 0 Å². The molecule has 5 rings (SSSR count). The summed E-state index contributed by atoms with van der Waals surface area (Å²) in [4.78, 5) is 48.5. The summed E-state index contributed by atoms with van der Waals surface area (Å²) < 4.78 is 0. The molecule has 0 unspecified atom stereocenters. The van der Waals surface area contributed by atoms with Crippen molar-refractivity contribution in [2.45, 2.75) is 18.8 Å². The third kappa shape index (κ3) is 2.99. The van der Waals surface area contributed by atoms with E-state index in [0.717, 1.165) is 34.6 Å². The quantitative estimate of drug-likeness (QED) is 0.699. The highest BCUT2D eigenvalue weighted by atomic mass is 16.2. The first-order valence-electron chi connectivity index (χ1n) is 9.79. The maximum atomic E-state index is 12.7. The number of hydrogen-bond donors (Lipinski definition) is 1. The average Bonchev–Trinajstić information content (AvgIpc) is 3.29. The largest absolute Gasteiger partial charge is 0.342 e. The number of aromatic amines is 1. The molecule has 0 aliphatic carbocycles. The van der Waals surface area contributed by atoms with Crippen molar-refractivity contribution in [3.05, 3.63) is 65.5 Å². The lowest BCUT2D eigenvalue weighted by molar-refractivity contribution is -0.132. The molecule has 3 heterocycles. The maximum Gasteiger partial charge on any atom is 0.262 e. The van der Waals surface area contributed by atoms with Gasteiger partial charge in [0, 0.05) is 19.0 Å². The van der Waals surface area contributed by atoms with Crippen molar-refractivity contribution in [1.29, 1.82) is 0 Å². The number of rotatable bonds is 3. The molecule has 2 aromatic carbocycles. The summed E-state index contributed by atoms with van der Waals surface area (Å²) in [5, 5.41) is 0. The molecule has 1 N–H and O–H groups in total. The van der Waals surface area contributed by atoms with E-state index in [1.54, 1.807) is 29.2 Å². The minimum Gasteiger partial charge on any atom is -0.342 e. The average molecular weight is 388 g/mol. The summed E-state index contributed by atoms with van der Waals surface area (Å²) in [5.74, 6) is 0.249. The summed E-state index contributed by atoms with van der Waals surface area (Å²) in [6.07, 6.45) is 1.60. The highest BCUT2D eigenvalue weighted by Gasteiger charge is 2.37. The van der Waals surface area contributed by atoms with E-state index in [1.165, 1.54) is 0 Å². The van der Waals surface area contributed by atoms with Crippen LogP contribution in [0.5, 0.6) is 0 Å². The van der Waals surface area contributed by atoms with E-state index in [0.29, 0.717) is 24.2 Å². The Hall–Kier alpha value is -3.48. The zero-order chi connectivity index (χ0) is 20.0. The molecular weight excluding hydrogens is 368 g/mol. The zero-order valence-electron chi connectivity index (χ0n) is 15.8. The Labute approximate surface area is 167 Å². The third-order valence-electron chi connectivity index (χ3n) is 5.81. The zero-order valence-corrected chi connectivity index (χ0v) is 15.8. The predicted octanol–water partition coefficient (Wildman–Crippen LogP) is 2.57. The molecule has 0 radical (unpaired) electrons. The van der Waals surface area contributed by atoms with Crippen molar-refractivity contribution in [2.24, 2.45) is 0 Å². The second kappa shape index (κ2) is 6.84. The Balaban J connectivity index is 1.23. The molecule has 2 aliphatic rings. The first-order valence-corrected chi connectivity index (χ1v) is 9.79. The van der Waals surface area contributed by atoms with E-state index in [-0.39, 0.29) is 18.4 Å². The van der Waals surface area contributed by atoms with Crippen LogP contribution in [0.1, 0.15) is 45.3 Å². The summed E-state index contributed by atoms with van der Waals surface area (Å²) >= 11 is 0. The van der Waals surface area contributed by atoms with Gasteiger partial charge >= 0.3 is 0 Å². The summed E-state index contributed by atoms with van der Waals surface area (Å²) in [6.45, 7) is 0.967. The van der Waals surface area contributed by atoms with Crippen LogP contribution in [-0.2, 0) is 4.79 Å². The fraction of sp³-hybridized carbons (Fsp3) is 0.273. The van der Waals surface area contributed by atoms with Crippen molar-refractivity contribution < 1.29 is 14.4 Å². The van der Waals surface area contributed by atoms with Gasteiger partial charge in [-0.2, -0.15) is 0 Å². The molecule has 1 saturated heterocycles. The van der Waals surface area contributed by atoms with Crippen LogP contribution in [0.15, 0.2) is 48.5 Å². The Morgan fingerprint density at radius 3 is 2.24 bits per heavy atom. The van der Waals surface area contributed by atoms with Crippen LogP contribution in [-0.4, -0.2) is 57.1 Å². The molecule has 1 aromatic heterocycles. The summed E-state index contributed by atoms with van der Waals surface area (Å²) in [7, 11) is 0. The van der Waals surface area contributed by atoms with Gasteiger partial charge in [0.25, 0.3) is 11.8 Å². The molecule has 1 fully saturated rings. The van der Waals surface area contributed by atoms with Gasteiger partial charge < -0.3 is 9.88 Å². The number of likely N-dealkylation sites (tertiary alicyclic amines) is 1. The number of imide groups is 1. The van der Waals surface area contributed by atoms with E-state index in [2.05, 4.69) is 9.97 Å². The molecule has 146 valence electrons. The van der Waals surface area contributed by atoms with E-state index in [9.17, 15) is 14.4 Å². The topological polar surface area (TPSA) is 86.4 Å². The fourth-order valence-electron chi connectivity index (χ4n) is 4.19. The number of imidazole rings is 1. The number of para-hydroxylation sites is 2. The van der Waals surface area contributed by atoms with E-state index < -0.39 is 11.8 Å². The molecule has 0 spiro atoms. The van der Waals surface area contributed by atoms with Gasteiger partial charge in [0.15, 0.2) is 0 Å². The first kappa shape index (κ1) is 17.6. The molecule has 0 saturated carbocycles. The van der Waals surface area contributed by atoms with Gasteiger partial charge in [-0.05, 0) is 37.1 Å². The number of H-pyrrole nitrogens is 1. The molecule has 3 aromatic rings. The Morgan fingerprint density at radius 2 is 1.59 bits per heavy atom. The van der Waals surface area contributed by atoms with Crippen molar-refractivity contribution in [3.63, 3.8) is 0 Å². The highest BCUT2D eigenvalue weighted by molar-refractivity contribution is 6.22. The van der Waals surface area contributed by atoms with Gasteiger partial charge in [-0.15, -0.1) is 0 Å². The van der Waals surface area contributed by atoms with Crippen molar-refractivity contribution in [1.82, 2.24) is 19.8 Å². The molecule has 29 heavy (non-hydrogen) atoms. The monoisotopic (exact) mass is 388 g/mol. The van der Waals surface area contributed by atoms with Gasteiger partial charge in [-0.25, -0.2) is 4.98 Å². The van der Waals surface area contributed by atoms with Crippen LogP contribution >= 0.6 is 0 Å². The first-order chi connectivity index (χ1) is 14.1. The lowest BCUT2D eigenvalue weighted by atomic mass is 9.96. The fourth-order valence-corrected chi connectivity index (χ4v) is 4.19. The number of hydrogen-bond acceptors (Lipinski definition) is 4. The molecule has 2 aliphatic heterocycles. The number of fused-ring (bicyclic) bond motifs is 2. The Bertz CT molecular complexity index is 1060. The molecule has 0 bridgehead atoms. The Kier molecular flexibility index (Phi) is 4.16. The SMILES string of the molecule is O=C(CN1C(=O)c2ccccc2C1=O)N1CCC(c2nc3ccccc3[nH]2)CC1. The number of nitrogens with zero attached hydrogens (tertiary/aromatic N) is 3. The molecule has 3 amide bonds. The van der Waals surface area contributed by atoms with Gasteiger partial charge in [-0.1, -0.05) is 24.3 Å². The van der Waals surface area contributed by atoms with Crippen LogP contribution in [0.4, 0.5) is 0 Å². The van der Waals surface area contributed by atoms with Crippen LogP contribution in [0.25, 0.3) is 11.0 Å². The van der Waals surface area contributed by atoms with Crippen LogP contribution in [0.2, 0.25) is 0 Å². The van der Waals surface area contributed by atoms with E-state index in [1.807, 2.05) is 24.3 Å². The van der Waals surface area contributed by atoms with Crippen molar-refractivity contribution in [2.75, 3.05) is 19.6 Å². The second-order valence-electron chi connectivity index (χ2n) is 7.54. The number of aromatic nitrogens is 2. The van der Waals surface area contributed by atoms with Gasteiger partial charge in [0.1, 0.15) is 12.4 Å². The molecule has 0 atom stereocenters. The minimum atomic E-state index is -0.392. The maximum absolute atomic E-state index is 12.7. The summed E-state index contributed by atoms with van der Waals surface area (Å²) in [5.41, 5.74) is 2.71. The van der Waals surface area contributed by atoms with E-state index >= 15 is 0 Å². The van der Waals surface area contributed by atoms with Crippen molar-refractivity contribution >= 4 is 28.8 Å². The molecule has 7 heteroatoms. The Morgan fingerprint density at radius 1 is 0.966 bits per heavy atom. The standard InChI is InChI=1S/C22H20N4O3/c27-19(13-26-21(28)15-5-1-2-6-16(15)22(26)29)25-11-9-14(10-12-25)20-23-17-7-3-4-8-18(17)24-20/h1-8,14H,9-13H2,(H,23,24). The number of nitrogens with one attached hydrogen (secondary N) is 1.